The van der Waals surface area contributed by atoms with Crippen LogP contribution in [-0.4, -0.2) is 4.92 Å². The third kappa shape index (κ3) is 3.10. The smallest absolute Gasteiger partial charge is 0.292 e. The summed E-state index contributed by atoms with van der Waals surface area (Å²) in [6.07, 6.45) is 0. The van der Waals surface area contributed by atoms with Crippen molar-refractivity contribution in [3.05, 3.63) is 69.8 Å². The van der Waals surface area contributed by atoms with E-state index in [9.17, 15) is 10.1 Å². The molecule has 98 valence electrons. The molecule has 0 aromatic heterocycles. The fraction of sp³-hybridized carbons (Fsp3) is 0.200. The highest BCUT2D eigenvalue weighted by Gasteiger charge is 2.15. The predicted octanol–water partition coefficient (Wildman–Crippen LogP) is 4.08. The molecule has 0 fully saturated rings. The first-order valence-electron chi connectivity index (χ1n) is 6.14. The molecule has 1 unspecified atom stereocenters. The van der Waals surface area contributed by atoms with Crippen molar-refractivity contribution < 1.29 is 4.92 Å². The van der Waals surface area contributed by atoms with Gasteiger partial charge in [-0.2, -0.15) is 0 Å². The maximum absolute atomic E-state index is 11.0. The highest BCUT2D eigenvalue weighted by Crippen LogP contribution is 2.28. The van der Waals surface area contributed by atoms with Crippen LogP contribution in [0.1, 0.15) is 24.1 Å². The van der Waals surface area contributed by atoms with Crippen LogP contribution in [0.5, 0.6) is 0 Å². The molecule has 0 aliphatic heterocycles. The van der Waals surface area contributed by atoms with E-state index in [0.717, 1.165) is 11.1 Å². The Bertz CT molecular complexity index is 582. The van der Waals surface area contributed by atoms with E-state index in [1.807, 2.05) is 44.2 Å². The van der Waals surface area contributed by atoms with Gasteiger partial charge in [0, 0.05) is 12.1 Å². The molecule has 4 nitrogen and oxygen atoms in total. The summed E-state index contributed by atoms with van der Waals surface area (Å²) < 4.78 is 0. The number of hydrogen-bond acceptors (Lipinski definition) is 3. The molecule has 0 heterocycles. The quantitative estimate of drug-likeness (QED) is 0.662. The van der Waals surface area contributed by atoms with E-state index in [1.54, 1.807) is 12.1 Å². The molecule has 19 heavy (non-hydrogen) atoms. The molecule has 1 atom stereocenters. The summed E-state index contributed by atoms with van der Waals surface area (Å²) in [7, 11) is 0. The lowest BCUT2D eigenvalue weighted by Crippen LogP contribution is -2.08. The van der Waals surface area contributed by atoms with Crippen LogP contribution < -0.4 is 5.32 Å². The molecule has 0 saturated heterocycles. The van der Waals surface area contributed by atoms with E-state index in [1.165, 1.54) is 6.07 Å². The van der Waals surface area contributed by atoms with Crippen molar-refractivity contribution in [2.75, 3.05) is 5.32 Å². The second kappa shape index (κ2) is 5.52. The summed E-state index contributed by atoms with van der Waals surface area (Å²) in [5.74, 6) is 0. The minimum absolute atomic E-state index is 0.0155. The van der Waals surface area contributed by atoms with Gasteiger partial charge in [0.05, 0.1) is 4.92 Å². The van der Waals surface area contributed by atoms with E-state index >= 15 is 0 Å². The molecule has 2 rings (SSSR count). The van der Waals surface area contributed by atoms with Gasteiger partial charge in [-0.3, -0.25) is 10.1 Å². The molecule has 0 saturated carbocycles. The van der Waals surface area contributed by atoms with Crippen LogP contribution in [0, 0.1) is 17.0 Å². The zero-order valence-corrected chi connectivity index (χ0v) is 11.0. The Kier molecular flexibility index (Phi) is 3.80. The lowest BCUT2D eigenvalue weighted by atomic mass is 10.1. The molecule has 2 aromatic carbocycles. The summed E-state index contributed by atoms with van der Waals surface area (Å²) in [6, 6.07) is 15.0. The van der Waals surface area contributed by atoms with E-state index < -0.39 is 0 Å². The van der Waals surface area contributed by atoms with Crippen LogP contribution in [-0.2, 0) is 0 Å². The third-order valence-corrected chi connectivity index (χ3v) is 3.02. The molecular weight excluding hydrogens is 240 g/mol. The molecule has 0 bridgehead atoms. The second-order valence-electron chi connectivity index (χ2n) is 4.55. The number of nitro benzene ring substituents is 1. The summed E-state index contributed by atoms with van der Waals surface area (Å²) in [5.41, 5.74) is 2.75. The average Bonchev–Trinajstić information content (AvgIpc) is 2.39. The van der Waals surface area contributed by atoms with Crippen molar-refractivity contribution in [2.24, 2.45) is 0 Å². The molecule has 0 spiro atoms. The number of anilines is 1. The van der Waals surface area contributed by atoms with Gasteiger partial charge in [0.1, 0.15) is 5.69 Å². The fourth-order valence-corrected chi connectivity index (χ4v) is 1.98. The molecule has 0 radical (unpaired) electrons. The van der Waals surface area contributed by atoms with Crippen LogP contribution >= 0.6 is 0 Å². The largest absolute Gasteiger partial charge is 0.373 e. The number of nitrogens with one attached hydrogen (secondary N) is 1. The number of benzene rings is 2. The van der Waals surface area contributed by atoms with Crippen molar-refractivity contribution in [3.8, 4) is 0 Å². The first-order chi connectivity index (χ1) is 9.08. The number of nitrogens with zero attached hydrogens (tertiary/aromatic N) is 1. The summed E-state index contributed by atoms with van der Waals surface area (Å²) in [5, 5.41) is 14.2. The molecule has 2 aromatic rings. The van der Waals surface area contributed by atoms with Crippen LogP contribution in [0.2, 0.25) is 0 Å². The standard InChI is InChI=1S/C15H16N2O2/c1-11-8-9-15(17(18)19)14(10-11)16-12(2)13-6-4-3-5-7-13/h3-10,12,16H,1-2H3. The van der Waals surface area contributed by atoms with Gasteiger partial charge in [0.15, 0.2) is 0 Å². The van der Waals surface area contributed by atoms with Crippen molar-refractivity contribution in [3.63, 3.8) is 0 Å². The monoisotopic (exact) mass is 256 g/mol. The van der Waals surface area contributed by atoms with Crippen LogP contribution in [0.15, 0.2) is 48.5 Å². The van der Waals surface area contributed by atoms with Crippen molar-refractivity contribution in [2.45, 2.75) is 19.9 Å². The second-order valence-corrected chi connectivity index (χ2v) is 4.55. The van der Waals surface area contributed by atoms with Gasteiger partial charge >= 0.3 is 0 Å². The third-order valence-electron chi connectivity index (χ3n) is 3.02. The lowest BCUT2D eigenvalue weighted by Gasteiger charge is -2.16. The Morgan fingerprint density at radius 1 is 1.16 bits per heavy atom. The number of aryl methyl sites for hydroxylation is 1. The maximum atomic E-state index is 11.0. The minimum Gasteiger partial charge on any atom is -0.373 e. The Balaban J connectivity index is 2.28. The summed E-state index contributed by atoms with van der Waals surface area (Å²) in [4.78, 5) is 10.7. The highest BCUT2D eigenvalue weighted by atomic mass is 16.6. The molecule has 0 aliphatic carbocycles. The number of rotatable bonds is 4. The van der Waals surface area contributed by atoms with Crippen molar-refractivity contribution >= 4 is 11.4 Å². The maximum Gasteiger partial charge on any atom is 0.292 e. The Hall–Kier alpha value is -2.36. The zero-order chi connectivity index (χ0) is 13.8. The normalized spacial score (nSPS) is 11.9. The lowest BCUT2D eigenvalue weighted by molar-refractivity contribution is -0.384. The molecule has 1 N–H and O–H groups in total. The van der Waals surface area contributed by atoms with Gasteiger partial charge in [-0.05, 0) is 31.0 Å². The van der Waals surface area contributed by atoms with E-state index in [-0.39, 0.29) is 16.7 Å². The molecule has 4 heteroatoms. The number of nitro groups is 1. The topological polar surface area (TPSA) is 55.2 Å². The van der Waals surface area contributed by atoms with Gasteiger partial charge in [-0.15, -0.1) is 0 Å². The van der Waals surface area contributed by atoms with Gasteiger partial charge in [0.2, 0.25) is 0 Å². The Morgan fingerprint density at radius 3 is 2.47 bits per heavy atom. The first-order valence-corrected chi connectivity index (χ1v) is 6.14. The number of hydrogen-bond donors (Lipinski definition) is 1. The van der Waals surface area contributed by atoms with Crippen molar-refractivity contribution in [1.82, 2.24) is 0 Å². The Labute approximate surface area is 112 Å². The molecule has 0 aliphatic rings. The zero-order valence-electron chi connectivity index (χ0n) is 11.0. The van der Waals surface area contributed by atoms with E-state index in [4.69, 9.17) is 0 Å². The minimum atomic E-state index is -0.362. The summed E-state index contributed by atoms with van der Waals surface area (Å²) >= 11 is 0. The highest BCUT2D eigenvalue weighted by molar-refractivity contribution is 5.63. The van der Waals surface area contributed by atoms with Gasteiger partial charge in [-0.1, -0.05) is 36.4 Å². The predicted molar refractivity (Wildman–Crippen MR) is 76.3 cm³/mol. The molecule has 0 amide bonds. The van der Waals surface area contributed by atoms with Crippen LogP contribution in [0.25, 0.3) is 0 Å². The molecular formula is C15H16N2O2. The summed E-state index contributed by atoms with van der Waals surface area (Å²) in [6.45, 7) is 3.91. The van der Waals surface area contributed by atoms with Gasteiger partial charge in [-0.25, -0.2) is 0 Å². The first kappa shape index (κ1) is 13.1. The van der Waals surface area contributed by atoms with Gasteiger partial charge in [0.25, 0.3) is 5.69 Å². The Morgan fingerprint density at radius 2 is 1.84 bits per heavy atom. The average molecular weight is 256 g/mol. The van der Waals surface area contributed by atoms with Crippen LogP contribution in [0.4, 0.5) is 11.4 Å². The van der Waals surface area contributed by atoms with E-state index in [2.05, 4.69) is 5.32 Å². The van der Waals surface area contributed by atoms with E-state index in [0.29, 0.717) is 5.69 Å². The van der Waals surface area contributed by atoms with Crippen LogP contribution in [0.3, 0.4) is 0 Å². The van der Waals surface area contributed by atoms with Crippen molar-refractivity contribution in [1.29, 1.82) is 0 Å². The van der Waals surface area contributed by atoms with Gasteiger partial charge < -0.3 is 5.32 Å². The SMILES string of the molecule is Cc1ccc([N+](=O)[O-])c(NC(C)c2ccccc2)c1. The fourth-order valence-electron chi connectivity index (χ4n) is 1.98.